The second-order valence-corrected chi connectivity index (χ2v) is 8.74. The largest absolute Gasteiger partial charge is 0.351 e. The van der Waals surface area contributed by atoms with E-state index in [1.54, 1.807) is 0 Å². The summed E-state index contributed by atoms with van der Waals surface area (Å²) in [6, 6.07) is 26.3. The summed E-state index contributed by atoms with van der Waals surface area (Å²) >= 11 is 12.4. The van der Waals surface area contributed by atoms with Crippen molar-refractivity contribution < 1.29 is 0 Å². The van der Waals surface area contributed by atoms with E-state index in [9.17, 15) is 0 Å². The predicted octanol–water partition coefficient (Wildman–Crippen LogP) is 6.32. The van der Waals surface area contributed by atoms with Gasteiger partial charge in [0.05, 0.1) is 28.5 Å². The lowest BCUT2D eigenvalue weighted by Gasteiger charge is -2.28. The van der Waals surface area contributed by atoms with Gasteiger partial charge in [0, 0.05) is 23.3 Å². The average molecular weight is 459 g/mol. The zero-order valence-electron chi connectivity index (χ0n) is 17.9. The number of benzene rings is 2. The van der Waals surface area contributed by atoms with Crippen LogP contribution in [0.3, 0.4) is 0 Å². The van der Waals surface area contributed by atoms with Crippen LogP contribution >= 0.6 is 23.8 Å². The monoisotopic (exact) mass is 458 g/mol. The molecular weight excluding hydrogens is 436 g/mol. The summed E-state index contributed by atoms with van der Waals surface area (Å²) in [7, 11) is 0. The number of hydrogen-bond acceptors (Lipinski definition) is 2. The Morgan fingerprint density at radius 3 is 2.38 bits per heavy atom. The Balaban J connectivity index is 1.70. The molecule has 1 fully saturated rings. The van der Waals surface area contributed by atoms with Gasteiger partial charge in [-0.3, -0.25) is 4.98 Å². The van der Waals surface area contributed by atoms with Crippen LogP contribution in [0.5, 0.6) is 0 Å². The maximum absolute atomic E-state index is 6.57. The lowest BCUT2D eigenvalue weighted by atomic mass is 9.96. The van der Waals surface area contributed by atoms with E-state index in [0.717, 1.165) is 33.5 Å². The summed E-state index contributed by atoms with van der Waals surface area (Å²) in [6.45, 7) is 4.26. The number of nitrogens with one attached hydrogen (secondary N) is 1. The third-order valence-electron chi connectivity index (χ3n) is 6.01. The average Bonchev–Trinajstić information content (AvgIpc) is 3.31. The molecule has 0 aliphatic carbocycles. The number of nitrogens with zero attached hydrogens (tertiary/aromatic N) is 3. The summed E-state index contributed by atoms with van der Waals surface area (Å²) < 4.78 is 2.22. The zero-order valence-corrected chi connectivity index (χ0v) is 19.4. The molecule has 0 radical (unpaired) electrons. The molecule has 1 aliphatic rings. The smallest absolute Gasteiger partial charge is 0.174 e. The molecule has 6 heteroatoms. The molecule has 4 nitrogen and oxygen atoms in total. The van der Waals surface area contributed by atoms with Crippen molar-refractivity contribution in [1.82, 2.24) is 14.9 Å². The number of halogens is 1. The number of hydrogen-bond donors (Lipinski definition) is 1. The highest BCUT2D eigenvalue weighted by Crippen LogP contribution is 2.43. The van der Waals surface area contributed by atoms with Crippen molar-refractivity contribution in [1.29, 1.82) is 0 Å². The molecule has 0 unspecified atom stereocenters. The van der Waals surface area contributed by atoms with E-state index in [2.05, 4.69) is 63.9 Å². The molecule has 160 valence electrons. The fraction of sp³-hybridized carbons (Fsp3) is 0.154. The predicted molar refractivity (Wildman–Crippen MR) is 135 cm³/mol. The topological polar surface area (TPSA) is 33.1 Å². The summed E-state index contributed by atoms with van der Waals surface area (Å²) in [5.74, 6) is 0. The van der Waals surface area contributed by atoms with Gasteiger partial charge >= 0.3 is 0 Å². The van der Waals surface area contributed by atoms with Crippen LogP contribution in [0.25, 0.3) is 5.69 Å². The number of anilines is 1. The molecule has 1 saturated heterocycles. The molecule has 1 aliphatic heterocycles. The Morgan fingerprint density at radius 1 is 0.938 bits per heavy atom. The maximum Gasteiger partial charge on any atom is 0.174 e. The summed E-state index contributed by atoms with van der Waals surface area (Å²) in [4.78, 5) is 6.86. The lowest BCUT2D eigenvalue weighted by molar-refractivity contribution is 0.565. The molecule has 0 bridgehead atoms. The highest BCUT2D eigenvalue weighted by molar-refractivity contribution is 7.80. The van der Waals surface area contributed by atoms with Crippen molar-refractivity contribution in [2.45, 2.75) is 25.9 Å². The first kappa shape index (κ1) is 20.7. The number of para-hydroxylation sites is 2. The minimum absolute atomic E-state index is 0.0535. The Labute approximate surface area is 198 Å². The number of thiocarbonyl (C=S) groups is 1. The van der Waals surface area contributed by atoms with Crippen LogP contribution in [0.4, 0.5) is 5.69 Å². The van der Waals surface area contributed by atoms with Crippen molar-refractivity contribution in [2.75, 3.05) is 4.90 Å². The number of aryl methyl sites for hydroxylation is 1. The second kappa shape index (κ2) is 8.41. The number of aromatic nitrogens is 2. The number of pyridine rings is 1. The second-order valence-electron chi connectivity index (χ2n) is 7.95. The molecule has 5 rings (SSSR count). The van der Waals surface area contributed by atoms with E-state index < -0.39 is 0 Å². The van der Waals surface area contributed by atoms with Gasteiger partial charge < -0.3 is 14.8 Å². The molecule has 0 amide bonds. The van der Waals surface area contributed by atoms with Crippen molar-refractivity contribution >= 4 is 34.6 Å². The van der Waals surface area contributed by atoms with Gasteiger partial charge in [-0.2, -0.15) is 0 Å². The first-order valence-electron chi connectivity index (χ1n) is 10.6. The van der Waals surface area contributed by atoms with Crippen molar-refractivity contribution in [2.24, 2.45) is 0 Å². The lowest BCUT2D eigenvalue weighted by Crippen LogP contribution is -2.29. The molecule has 0 saturated carbocycles. The van der Waals surface area contributed by atoms with E-state index >= 15 is 0 Å². The van der Waals surface area contributed by atoms with Gasteiger partial charge in [0.1, 0.15) is 0 Å². The molecule has 2 aromatic heterocycles. The first-order valence-corrected chi connectivity index (χ1v) is 11.3. The van der Waals surface area contributed by atoms with E-state index in [1.165, 1.54) is 5.56 Å². The molecule has 32 heavy (non-hydrogen) atoms. The van der Waals surface area contributed by atoms with Gasteiger partial charge in [-0.1, -0.05) is 48.0 Å². The minimum atomic E-state index is -0.0795. The quantitative estimate of drug-likeness (QED) is 0.363. The van der Waals surface area contributed by atoms with E-state index in [4.69, 9.17) is 23.8 Å². The zero-order chi connectivity index (χ0) is 22.2. The molecule has 3 heterocycles. The molecule has 2 atom stereocenters. The third kappa shape index (κ3) is 3.48. The van der Waals surface area contributed by atoms with Crippen LogP contribution in [0.2, 0.25) is 5.02 Å². The Kier molecular flexibility index (Phi) is 5.45. The van der Waals surface area contributed by atoms with Crippen LogP contribution in [-0.4, -0.2) is 14.7 Å². The van der Waals surface area contributed by atoms with Gasteiger partial charge in [0.15, 0.2) is 5.11 Å². The first-order chi connectivity index (χ1) is 15.6. The fourth-order valence-electron chi connectivity index (χ4n) is 4.63. The highest BCUT2D eigenvalue weighted by Gasteiger charge is 2.42. The van der Waals surface area contributed by atoms with Gasteiger partial charge in [0.25, 0.3) is 0 Å². The van der Waals surface area contributed by atoms with Crippen molar-refractivity contribution in [3.8, 4) is 5.69 Å². The Hall–Kier alpha value is -3.15. The van der Waals surface area contributed by atoms with Gasteiger partial charge in [0.2, 0.25) is 0 Å². The highest BCUT2D eigenvalue weighted by atomic mass is 35.5. The summed E-state index contributed by atoms with van der Waals surface area (Å²) in [6.07, 6.45) is 1.83. The van der Waals surface area contributed by atoms with Gasteiger partial charge in [-0.15, -0.1) is 0 Å². The van der Waals surface area contributed by atoms with E-state index in [0.29, 0.717) is 5.11 Å². The van der Waals surface area contributed by atoms with Crippen LogP contribution < -0.4 is 10.2 Å². The van der Waals surface area contributed by atoms with Crippen molar-refractivity contribution in [3.63, 3.8) is 0 Å². The summed E-state index contributed by atoms with van der Waals surface area (Å²) in [5.41, 5.74) is 6.43. The third-order valence-corrected chi connectivity index (χ3v) is 6.65. The fourth-order valence-corrected chi connectivity index (χ4v) is 5.19. The molecular formula is C26H23ClN4S. The molecule has 4 aromatic rings. The molecule has 1 N–H and O–H groups in total. The molecule has 0 spiro atoms. The minimum Gasteiger partial charge on any atom is -0.351 e. The number of rotatable bonds is 4. The summed E-state index contributed by atoms with van der Waals surface area (Å²) in [5, 5.41) is 4.95. The Morgan fingerprint density at radius 2 is 1.66 bits per heavy atom. The normalized spacial score (nSPS) is 18.1. The van der Waals surface area contributed by atoms with Crippen LogP contribution in [0.1, 0.15) is 34.7 Å². The van der Waals surface area contributed by atoms with Crippen molar-refractivity contribution in [3.05, 3.63) is 113 Å². The van der Waals surface area contributed by atoms with Crippen LogP contribution in [-0.2, 0) is 0 Å². The Bertz CT molecular complexity index is 1270. The standard InChI is InChI=1S/C26H23ClN4S/c1-17-16-20(18(2)30(17)23-14-7-6-12-21(23)27)25-24(22-13-8-9-15-28-22)29-26(32)31(25)19-10-4-3-5-11-19/h3-16,24-25H,1-2H3,(H,29,32)/t24-,25-/m0/s1. The van der Waals surface area contributed by atoms with Crippen LogP contribution in [0, 0.1) is 13.8 Å². The van der Waals surface area contributed by atoms with E-state index in [1.807, 2.05) is 54.7 Å². The SMILES string of the molecule is Cc1cc([C@H]2[C@H](c3ccccn3)NC(=S)N2c2ccccc2)c(C)n1-c1ccccc1Cl. The van der Waals surface area contributed by atoms with Gasteiger partial charge in [-0.05, 0) is 74.1 Å². The van der Waals surface area contributed by atoms with Gasteiger partial charge in [-0.25, -0.2) is 0 Å². The van der Waals surface area contributed by atoms with Crippen LogP contribution in [0.15, 0.2) is 85.1 Å². The molecule has 2 aromatic carbocycles. The maximum atomic E-state index is 6.57. The van der Waals surface area contributed by atoms with E-state index in [-0.39, 0.29) is 12.1 Å².